The highest BCUT2D eigenvalue weighted by atomic mass is 16.5. The highest BCUT2D eigenvalue weighted by Gasteiger charge is 2.37. The normalized spacial score (nSPS) is 27.8. The standard InChI is InChI=1S/C16H34N2O/c1-8-13-9-17-15(16(4,5)6)10-18(13)14(11-19-7)12(2)3/h12-15,17H,8-11H2,1-7H3. The van der Waals surface area contributed by atoms with E-state index in [9.17, 15) is 0 Å². The van der Waals surface area contributed by atoms with Crippen molar-refractivity contribution in [1.82, 2.24) is 10.2 Å². The minimum absolute atomic E-state index is 0.311. The number of nitrogens with one attached hydrogen (secondary N) is 1. The van der Waals surface area contributed by atoms with Gasteiger partial charge in [-0.1, -0.05) is 41.5 Å². The SMILES string of the molecule is CCC1CNC(C(C)(C)C)CN1C(COC)C(C)C. The summed E-state index contributed by atoms with van der Waals surface area (Å²) in [4.78, 5) is 2.70. The Morgan fingerprint density at radius 2 is 1.95 bits per heavy atom. The molecule has 0 aromatic carbocycles. The molecule has 1 rings (SSSR count). The molecule has 0 aromatic rings. The molecular weight excluding hydrogens is 236 g/mol. The van der Waals surface area contributed by atoms with Gasteiger partial charge >= 0.3 is 0 Å². The molecule has 0 radical (unpaired) electrons. The van der Waals surface area contributed by atoms with E-state index in [-0.39, 0.29) is 0 Å². The zero-order chi connectivity index (χ0) is 14.6. The van der Waals surface area contributed by atoms with Gasteiger partial charge in [0.2, 0.25) is 0 Å². The third kappa shape index (κ3) is 4.44. The van der Waals surface area contributed by atoms with Gasteiger partial charge in [-0.2, -0.15) is 0 Å². The number of methoxy groups -OCH3 is 1. The van der Waals surface area contributed by atoms with Crippen LogP contribution >= 0.6 is 0 Å². The Bertz CT molecular complexity index is 260. The highest BCUT2D eigenvalue weighted by Crippen LogP contribution is 2.27. The second kappa shape index (κ2) is 7.05. The predicted molar refractivity (Wildman–Crippen MR) is 82.5 cm³/mol. The number of rotatable bonds is 5. The predicted octanol–water partition coefficient (Wildman–Crippen LogP) is 2.76. The maximum Gasteiger partial charge on any atom is 0.0620 e. The summed E-state index contributed by atoms with van der Waals surface area (Å²) in [5.74, 6) is 0.632. The topological polar surface area (TPSA) is 24.5 Å². The van der Waals surface area contributed by atoms with E-state index in [0.717, 1.165) is 19.7 Å². The first-order chi connectivity index (χ1) is 8.81. The minimum atomic E-state index is 0.311. The Morgan fingerprint density at radius 1 is 1.32 bits per heavy atom. The third-order valence-electron chi connectivity index (χ3n) is 4.51. The summed E-state index contributed by atoms with van der Waals surface area (Å²) in [6.07, 6.45) is 1.21. The molecule has 3 nitrogen and oxygen atoms in total. The molecule has 19 heavy (non-hydrogen) atoms. The summed E-state index contributed by atoms with van der Waals surface area (Å²) in [6, 6.07) is 1.73. The average molecular weight is 270 g/mol. The van der Waals surface area contributed by atoms with Crippen LogP contribution in [0.15, 0.2) is 0 Å². The summed E-state index contributed by atoms with van der Waals surface area (Å²) in [6.45, 7) is 17.0. The quantitative estimate of drug-likeness (QED) is 0.831. The van der Waals surface area contributed by atoms with E-state index in [1.165, 1.54) is 6.42 Å². The number of hydrogen-bond acceptors (Lipinski definition) is 3. The maximum atomic E-state index is 5.47. The average Bonchev–Trinajstić information content (AvgIpc) is 2.33. The van der Waals surface area contributed by atoms with Crippen molar-refractivity contribution in [2.75, 3.05) is 26.8 Å². The van der Waals surface area contributed by atoms with E-state index in [1.807, 2.05) is 7.11 Å². The first-order valence-electron chi connectivity index (χ1n) is 7.79. The second-order valence-corrected chi connectivity index (χ2v) is 7.35. The van der Waals surface area contributed by atoms with Crippen LogP contribution in [0, 0.1) is 11.3 Å². The van der Waals surface area contributed by atoms with Crippen LogP contribution in [0.5, 0.6) is 0 Å². The summed E-state index contributed by atoms with van der Waals surface area (Å²) >= 11 is 0. The van der Waals surface area contributed by atoms with Gasteiger partial charge in [-0.25, -0.2) is 0 Å². The Hall–Kier alpha value is -0.120. The molecule has 3 unspecified atom stereocenters. The number of hydrogen-bond donors (Lipinski definition) is 1. The van der Waals surface area contributed by atoms with Crippen molar-refractivity contribution in [3.8, 4) is 0 Å². The van der Waals surface area contributed by atoms with Crippen LogP contribution in [0.2, 0.25) is 0 Å². The molecule has 0 amide bonds. The van der Waals surface area contributed by atoms with Gasteiger partial charge in [-0.3, -0.25) is 4.90 Å². The molecule has 1 fully saturated rings. The van der Waals surface area contributed by atoms with Crippen LogP contribution in [0.1, 0.15) is 48.0 Å². The van der Waals surface area contributed by atoms with Gasteiger partial charge < -0.3 is 10.1 Å². The fraction of sp³-hybridized carbons (Fsp3) is 1.00. The Labute approximate surface area is 120 Å². The maximum absolute atomic E-state index is 5.47. The first kappa shape index (κ1) is 16.9. The molecule has 0 aromatic heterocycles. The van der Waals surface area contributed by atoms with Crippen molar-refractivity contribution >= 4 is 0 Å². The van der Waals surface area contributed by atoms with Crippen LogP contribution in [0.4, 0.5) is 0 Å². The Balaban J connectivity index is 2.84. The van der Waals surface area contributed by atoms with E-state index in [4.69, 9.17) is 4.74 Å². The van der Waals surface area contributed by atoms with Crippen LogP contribution in [-0.4, -0.2) is 49.8 Å². The summed E-state index contributed by atoms with van der Waals surface area (Å²) in [5.41, 5.74) is 0.311. The van der Waals surface area contributed by atoms with Crippen LogP contribution in [0.25, 0.3) is 0 Å². The zero-order valence-corrected chi connectivity index (χ0v) is 14.0. The second-order valence-electron chi connectivity index (χ2n) is 7.35. The first-order valence-corrected chi connectivity index (χ1v) is 7.79. The lowest BCUT2D eigenvalue weighted by atomic mass is 9.83. The van der Waals surface area contributed by atoms with E-state index in [2.05, 4.69) is 51.8 Å². The molecular formula is C16H34N2O. The van der Waals surface area contributed by atoms with E-state index >= 15 is 0 Å². The molecule has 1 saturated heterocycles. The largest absolute Gasteiger partial charge is 0.383 e. The van der Waals surface area contributed by atoms with Crippen LogP contribution in [0.3, 0.4) is 0 Å². The van der Waals surface area contributed by atoms with Gasteiger partial charge in [0.05, 0.1) is 6.61 Å². The smallest absolute Gasteiger partial charge is 0.0620 e. The lowest BCUT2D eigenvalue weighted by molar-refractivity contribution is -0.00428. The molecule has 1 heterocycles. The third-order valence-corrected chi connectivity index (χ3v) is 4.51. The molecule has 3 heteroatoms. The fourth-order valence-electron chi connectivity index (χ4n) is 3.03. The molecule has 0 spiro atoms. The van der Waals surface area contributed by atoms with Gasteiger partial charge in [0.25, 0.3) is 0 Å². The Morgan fingerprint density at radius 3 is 2.37 bits per heavy atom. The van der Waals surface area contributed by atoms with Crippen LogP contribution in [-0.2, 0) is 4.74 Å². The molecule has 0 bridgehead atoms. The fourth-order valence-corrected chi connectivity index (χ4v) is 3.03. The van der Waals surface area contributed by atoms with Gasteiger partial charge in [0.15, 0.2) is 0 Å². The van der Waals surface area contributed by atoms with Crippen molar-refractivity contribution in [1.29, 1.82) is 0 Å². The molecule has 0 aliphatic carbocycles. The minimum Gasteiger partial charge on any atom is -0.383 e. The van der Waals surface area contributed by atoms with Gasteiger partial charge in [0, 0.05) is 38.3 Å². The molecule has 3 atom stereocenters. The van der Waals surface area contributed by atoms with Crippen molar-refractivity contribution in [2.45, 2.75) is 66.1 Å². The van der Waals surface area contributed by atoms with E-state index in [0.29, 0.717) is 29.5 Å². The molecule has 114 valence electrons. The lowest BCUT2D eigenvalue weighted by Gasteiger charge is -2.49. The highest BCUT2D eigenvalue weighted by molar-refractivity contribution is 4.94. The lowest BCUT2D eigenvalue weighted by Crippen LogP contribution is -2.63. The van der Waals surface area contributed by atoms with Gasteiger partial charge in [-0.05, 0) is 17.8 Å². The summed E-state index contributed by atoms with van der Waals surface area (Å²) in [5, 5.41) is 3.74. The van der Waals surface area contributed by atoms with Crippen molar-refractivity contribution < 1.29 is 4.74 Å². The summed E-state index contributed by atoms with van der Waals surface area (Å²) in [7, 11) is 1.82. The monoisotopic (exact) mass is 270 g/mol. The van der Waals surface area contributed by atoms with Crippen molar-refractivity contribution in [3.05, 3.63) is 0 Å². The van der Waals surface area contributed by atoms with Gasteiger partial charge in [0.1, 0.15) is 0 Å². The molecule has 1 N–H and O–H groups in total. The zero-order valence-electron chi connectivity index (χ0n) is 14.0. The Kier molecular flexibility index (Phi) is 6.28. The number of piperazine rings is 1. The van der Waals surface area contributed by atoms with Crippen LogP contribution < -0.4 is 5.32 Å². The van der Waals surface area contributed by atoms with E-state index in [1.54, 1.807) is 0 Å². The molecule has 0 saturated carbocycles. The van der Waals surface area contributed by atoms with Gasteiger partial charge in [-0.15, -0.1) is 0 Å². The van der Waals surface area contributed by atoms with Crippen molar-refractivity contribution in [2.24, 2.45) is 11.3 Å². The molecule has 1 aliphatic rings. The molecule has 1 aliphatic heterocycles. The number of nitrogens with zero attached hydrogens (tertiary/aromatic N) is 1. The summed E-state index contributed by atoms with van der Waals surface area (Å²) < 4.78 is 5.47. The number of ether oxygens (including phenoxy) is 1. The van der Waals surface area contributed by atoms with Crippen molar-refractivity contribution in [3.63, 3.8) is 0 Å². The van der Waals surface area contributed by atoms with E-state index < -0.39 is 0 Å².